The van der Waals surface area contributed by atoms with Crippen molar-refractivity contribution in [3.63, 3.8) is 0 Å². The van der Waals surface area contributed by atoms with Gasteiger partial charge in [-0.1, -0.05) is 25.1 Å². The number of hydrogen-bond acceptors (Lipinski definition) is 2. The normalized spacial score (nSPS) is 13.1. The van der Waals surface area contributed by atoms with E-state index in [1.54, 1.807) is 7.11 Å². The fourth-order valence-electron chi connectivity index (χ4n) is 1.50. The maximum atomic E-state index is 5.28. The third kappa shape index (κ3) is 4.21. The fraction of sp³-hybridized carbons (Fsp3) is 0.312. The topological polar surface area (TPSA) is 22.1 Å². The van der Waals surface area contributed by atoms with Crippen molar-refractivity contribution < 1.29 is 4.74 Å². The molecule has 0 fully saturated rings. The van der Waals surface area contributed by atoms with Gasteiger partial charge in [-0.25, -0.2) is 0 Å². The van der Waals surface area contributed by atoms with Gasteiger partial charge >= 0.3 is 0 Å². The monoisotopic (exact) mass is 243 g/mol. The molecule has 96 valence electrons. The van der Waals surface area contributed by atoms with E-state index in [0.29, 0.717) is 0 Å². The summed E-state index contributed by atoms with van der Waals surface area (Å²) in [5.41, 5.74) is 3.18. The van der Waals surface area contributed by atoms with E-state index in [1.807, 2.05) is 38.3 Å². The van der Waals surface area contributed by atoms with Crippen LogP contribution < -0.4 is 0 Å². The molecule has 0 unspecified atom stereocenters. The van der Waals surface area contributed by atoms with Crippen LogP contribution >= 0.6 is 0 Å². The quantitative estimate of drug-likeness (QED) is 0.568. The molecule has 1 heterocycles. The van der Waals surface area contributed by atoms with Crippen LogP contribution in [0.4, 0.5) is 0 Å². The van der Waals surface area contributed by atoms with Crippen LogP contribution in [0.1, 0.15) is 31.5 Å². The molecule has 1 aromatic rings. The second kappa shape index (κ2) is 7.49. The molecule has 0 spiro atoms. The van der Waals surface area contributed by atoms with Gasteiger partial charge in [-0.05, 0) is 44.1 Å². The Hall–Kier alpha value is -1.83. The second-order valence-corrected chi connectivity index (χ2v) is 4.03. The SMILES string of the molecule is C\C=C(/C=C(\C=C\CC)c1ccc(C)cn1)OC. The van der Waals surface area contributed by atoms with E-state index in [9.17, 15) is 0 Å². The molecule has 1 rings (SSSR count). The predicted octanol–water partition coefficient (Wildman–Crippen LogP) is 4.29. The summed E-state index contributed by atoms with van der Waals surface area (Å²) in [5.74, 6) is 0.841. The summed E-state index contributed by atoms with van der Waals surface area (Å²) >= 11 is 0. The Morgan fingerprint density at radius 3 is 2.67 bits per heavy atom. The van der Waals surface area contributed by atoms with Crippen molar-refractivity contribution in [2.45, 2.75) is 27.2 Å². The molecule has 1 aromatic heterocycles. The van der Waals surface area contributed by atoms with Gasteiger partial charge in [-0.2, -0.15) is 0 Å². The van der Waals surface area contributed by atoms with Gasteiger partial charge in [0.25, 0.3) is 0 Å². The molecule has 0 radical (unpaired) electrons. The van der Waals surface area contributed by atoms with Crippen LogP contribution in [0.15, 0.2) is 48.4 Å². The van der Waals surface area contributed by atoms with Crippen LogP contribution in [-0.2, 0) is 4.74 Å². The summed E-state index contributed by atoms with van der Waals surface area (Å²) in [6, 6.07) is 4.10. The van der Waals surface area contributed by atoms with E-state index in [4.69, 9.17) is 4.74 Å². The van der Waals surface area contributed by atoms with Crippen LogP contribution in [-0.4, -0.2) is 12.1 Å². The van der Waals surface area contributed by atoms with Crippen LogP contribution in [0.2, 0.25) is 0 Å². The number of nitrogens with zero attached hydrogens (tertiary/aromatic N) is 1. The zero-order valence-electron chi connectivity index (χ0n) is 11.6. The van der Waals surface area contributed by atoms with E-state index >= 15 is 0 Å². The maximum absolute atomic E-state index is 5.28. The van der Waals surface area contributed by atoms with Crippen molar-refractivity contribution >= 4 is 5.57 Å². The lowest BCUT2D eigenvalue weighted by atomic mass is 10.1. The van der Waals surface area contributed by atoms with Gasteiger partial charge in [0.2, 0.25) is 0 Å². The molecule has 0 atom stereocenters. The minimum atomic E-state index is 0.841. The molecular weight excluding hydrogens is 222 g/mol. The van der Waals surface area contributed by atoms with Crippen LogP contribution in [0.5, 0.6) is 0 Å². The van der Waals surface area contributed by atoms with Crippen molar-refractivity contribution in [3.8, 4) is 0 Å². The summed E-state index contributed by atoms with van der Waals surface area (Å²) in [5, 5.41) is 0. The van der Waals surface area contributed by atoms with Gasteiger partial charge in [0.15, 0.2) is 0 Å². The molecule has 0 saturated heterocycles. The molecule has 0 bridgehead atoms. The Bertz CT molecular complexity index is 452. The van der Waals surface area contributed by atoms with Gasteiger partial charge < -0.3 is 4.74 Å². The minimum Gasteiger partial charge on any atom is -0.497 e. The lowest BCUT2D eigenvalue weighted by Crippen LogP contribution is -1.90. The standard InChI is InChI=1S/C16H21NO/c1-5-7-8-14(11-15(6-2)18-4)16-10-9-13(3)12-17-16/h6-12H,5H2,1-4H3/b8-7+,14-11+,15-6+. The fourth-order valence-corrected chi connectivity index (χ4v) is 1.50. The molecule has 2 nitrogen and oxygen atoms in total. The molecule has 2 heteroatoms. The summed E-state index contributed by atoms with van der Waals surface area (Å²) in [7, 11) is 1.68. The number of pyridine rings is 1. The highest BCUT2D eigenvalue weighted by molar-refractivity contribution is 5.73. The average Bonchev–Trinajstić information content (AvgIpc) is 2.40. The third-order valence-corrected chi connectivity index (χ3v) is 2.56. The smallest absolute Gasteiger partial charge is 0.115 e. The lowest BCUT2D eigenvalue weighted by molar-refractivity contribution is 0.306. The maximum Gasteiger partial charge on any atom is 0.115 e. The first-order chi connectivity index (χ1) is 8.71. The Morgan fingerprint density at radius 1 is 1.39 bits per heavy atom. The number of hydrogen-bond donors (Lipinski definition) is 0. The highest BCUT2D eigenvalue weighted by Gasteiger charge is 2.01. The molecular formula is C16H21NO. The largest absolute Gasteiger partial charge is 0.497 e. The molecule has 0 aromatic carbocycles. The van der Waals surface area contributed by atoms with Crippen molar-refractivity contribution in [1.82, 2.24) is 4.98 Å². The predicted molar refractivity (Wildman–Crippen MR) is 77.1 cm³/mol. The third-order valence-electron chi connectivity index (χ3n) is 2.56. The first-order valence-electron chi connectivity index (χ1n) is 6.22. The summed E-state index contributed by atoms with van der Waals surface area (Å²) in [6.45, 7) is 6.11. The zero-order chi connectivity index (χ0) is 13.4. The molecule has 0 saturated carbocycles. The Kier molecular flexibility index (Phi) is 5.92. The van der Waals surface area contributed by atoms with Crippen molar-refractivity contribution in [2.75, 3.05) is 7.11 Å². The first-order valence-corrected chi connectivity index (χ1v) is 6.22. The van der Waals surface area contributed by atoms with Crippen molar-refractivity contribution in [3.05, 3.63) is 59.7 Å². The molecule has 0 aliphatic carbocycles. The summed E-state index contributed by atoms with van der Waals surface area (Å²) in [4.78, 5) is 4.45. The second-order valence-electron chi connectivity index (χ2n) is 4.03. The number of aryl methyl sites for hydroxylation is 1. The van der Waals surface area contributed by atoms with E-state index in [-0.39, 0.29) is 0 Å². The van der Waals surface area contributed by atoms with E-state index < -0.39 is 0 Å². The van der Waals surface area contributed by atoms with Crippen LogP contribution in [0.3, 0.4) is 0 Å². The van der Waals surface area contributed by atoms with E-state index in [2.05, 4.69) is 30.1 Å². The number of allylic oxidation sites excluding steroid dienone is 5. The van der Waals surface area contributed by atoms with Gasteiger partial charge in [0.1, 0.15) is 5.76 Å². The number of methoxy groups -OCH3 is 1. The highest BCUT2D eigenvalue weighted by atomic mass is 16.5. The van der Waals surface area contributed by atoms with Crippen molar-refractivity contribution in [1.29, 1.82) is 0 Å². The van der Waals surface area contributed by atoms with Gasteiger partial charge in [-0.15, -0.1) is 0 Å². The molecule has 0 amide bonds. The lowest BCUT2D eigenvalue weighted by Gasteiger charge is -2.05. The van der Waals surface area contributed by atoms with Gasteiger partial charge in [-0.3, -0.25) is 4.98 Å². The zero-order valence-corrected chi connectivity index (χ0v) is 11.6. The van der Waals surface area contributed by atoms with Crippen molar-refractivity contribution in [2.24, 2.45) is 0 Å². The molecule has 18 heavy (non-hydrogen) atoms. The highest BCUT2D eigenvalue weighted by Crippen LogP contribution is 2.17. The van der Waals surface area contributed by atoms with Gasteiger partial charge in [0.05, 0.1) is 12.8 Å². The van der Waals surface area contributed by atoms with E-state index in [1.165, 1.54) is 0 Å². The minimum absolute atomic E-state index is 0.841. The Morgan fingerprint density at radius 2 is 2.17 bits per heavy atom. The number of ether oxygens (including phenoxy) is 1. The van der Waals surface area contributed by atoms with Crippen LogP contribution in [0, 0.1) is 6.92 Å². The summed E-state index contributed by atoms with van der Waals surface area (Å²) in [6.07, 6.45) is 11.0. The van der Waals surface area contributed by atoms with Crippen LogP contribution in [0.25, 0.3) is 5.57 Å². The molecule has 0 N–H and O–H groups in total. The number of rotatable bonds is 5. The van der Waals surface area contributed by atoms with Gasteiger partial charge in [0, 0.05) is 11.8 Å². The number of aromatic nitrogens is 1. The first kappa shape index (κ1) is 14.2. The molecule has 0 aliphatic heterocycles. The molecule has 0 aliphatic rings. The Labute approximate surface area is 110 Å². The average molecular weight is 243 g/mol. The summed E-state index contributed by atoms with van der Waals surface area (Å²) < 4.78 is 5.28. The Balaban J connectivity index is 3.13. The van der Waals surface area contributed by atoms with E-state index in [0.717, 1.165) is 29.0 Å².